The van der Waals surface area contributed by atoms with Crippen LogP contribution in [-0.2, 0) is 16.0 Å². The average Bonchev–Trinajstić information content (AvgIpc) is 2.49. The molecule has 1 amide bonds. The molecule has 124 valence electrons. The number of rotatable bonds is 6. The third kappa shape index (κ3) is 6.27. The van der Waals surface area contributed by atoms with Crippen molar-refractivity contribution in [3.8, 4) is 0 Å². The maximum Gasteiger partial charge on any atom is 0.234 e. The maximum atomic E-state index is 12.8. The van der Waals surface area contributed by atoms with Gasteiger partial charge < -0.3 is 15.8 Å². The van der Waals surface area contributed by atoms with E-state index < -0.39 is 0 Å². The van der Waals surface area contributed by atoms with Crippen LogP contribution in [0.15, 0.2) is 24.3 Å². The number of benzene rings is 1. The van der Waals surface area contributed by atoms with Gasteiger partial charge in [-0.2, -0.15) is 0 Å². The van der Waals surface area contributed by atoms with Crippen LogP contribution in [0, 0.1) is 5.82 Å². The number of nitrogens with one attached hydrogen (secondary N) is 1. The molecule has 1 aromatic carbocycles. The quantitative estimate of drug-likeness (QED) is 0.799. The number of nitrogens with two attached hydrogens (primary N) is 1. The molecule has 1 atom stereocenters. The molecule has 22 heavy (non-hydrogen) atoms. The lowest BCUT2D eigenvalue weighted by Crippen LogP contribution is -2.49. The van der Waals surface area contributed by atoms with Gasteiger partial charge in [0.05, 0.1) is 19.3 Å². The topological polar surface area (TPSA) is 67.6 Å². The Morgan fingerprint density at radius 2 is 2.14 bits per heavy atom. The summed E-state index contributed by atoms with van der Waals surface area (Å²) in [7, 11) is 0. The molecule has 1 aromatic rings. The normalized spacial score (nSPS) is 18.5. The molecule has 0 bridgehead atoms. The molecule has 0 spiro atoms. The van der Waals surface area contributed by atoms with Crippen LogP contribution in [-0.4, -0.2) is 56.2 Å². The van der Waals surface area contributed by atoms with Gasteiger partial charge in [-0.1, -0.05) is 12.1 Å². The largest absolute Gasteiger partial charge is 0.374 e. The van der Waals surface area contributed by atoms with Gasteiger partial charge in [0.2, 0.25) is 5.91 Å². The average molecular weight is 332 g/mol. The van der Waals surface area contributed by atoms with Gasteiger partial charge in [-0.3, -0.25) is 9.69 Å². The Kier molecular flexibility index (Phi) is 8.34. The van der Waals surface area contributed by atoms with E-state index in [2.05, 4.69) is 5.32 Å². The van der Waals surface area contributed by atoms with E-state index in [9.17, 15) is 9.18 Å². The zero-order chi connectivity index (χ0) is 15.1. The third-order valence-corrected chi connectivity index (χ3v) is 3.50. The fourth-order valence-electron chi connectivity index (χ4n) is 2.32. The number of halogens is 2. The lowest BCUT2D eigenvalue weighted by atomic mass is 10.1. The van der Waals surface area contributed by atoms with Crippen molar-refractivity contribution in [2.75, 3.05) is 39.3 Å². The summed E-state index contributed by atoms with van der Waals surface area (Å²) in [6, 6.07) is 6.32. The zero-order valence-electron chi connectivity index (χ0n) is 12.5. The summed E-state index contributed by atoms with van der Waals surface area (Å²) in [5.74, 6) is -0.251. The van der Waals surface area contributed by atoms with E-state index in [-0.39, 0.29) is 30.2 Å². The van der Waals surface area contributed by atoms with Gasteiger partial charge in [-0.25, -0.2) is 4.39 Å². The van der Waals surface area contributed by atoms with Crippen LogP contribution < -0.4 is 11.1 Å². The van der Waals surface area contributed by atoms with Crippen molar-refractivity contribution < 1.29 is 13.9 Å². The molecule has 0 radical (unpaired) electrons. The first-order valence-corrected chi connectivity index (χ1v) is 7.22. The first kappa shape index (κ1) is 18.8. The summed E-state index contributed by atoms with van der Waals surface area (Å²) >= 11 is 0. The van der Waals surface area contributed by atoms with E-state index in [0.717, 1.165) is 12.1 Å². The fraction of sp³-hybridized carbons (Fsp3) is 0.533. The lowest BCUT2D eigenvalue weighted by Gasteiger charge is -2.31. The van der Waals surface area contributed by atoms with E-state index in [1.54, 1.807) is 12.1 Å². The summed E-state index contributed by atoms with van der Waals surface area (Å²) in [6.45, 7) is 3.45. The highest BCUT2D eigenvalue weighted by Crippen LogP contribution is 2.04. The standard InChI is InChI=1S/C15H22FN3O2.ClH/c16-13-3-1-12(2-4-13)5-6-18-15(20)11-19-7-8-21-14(9-17)10-19;/h1-4,14H,5-11,17H2,(H,18,20);1H. The Bertz CT molecular complexity index is 459. The van der Waals surface area contributed by atoms with E-state index in [4.69, 9.17) is 10.5 Å². The summed E-state index contributed by atoms with van der Waals surface area (Å²) < 4.78 is 18.2. The van der Waals surface area contributed by atoms with Crippen molar-refractivity contribution in [3.05, 3.63) is 35.6 Å². The highest BCUT2D eigenvalue weighted by Gasteiger charge is 2.20. The first-order valence-electron chi connectivity index (χ1n) is 7.22. The minimum atomic E-state index is -0.246. The molecule has 2 rings (SSSR count). The Hall–Kier alpha value is -1.21. The predicted molar refractivity (Wildman–Crippen MR) is 85.6 cm³/mol. The van der Waals surface area contributed by atoms with Crippen molar-refractivity contribution in [2.24, 2.45) is 5.73 Å². The van der Waals surface area contributed by atoms with Crippen LogP contribution in [0.1, 0.15) is 5.56 Å². The summed E-state index contributed by atoms with van der Waals surface area (Å²) in [5.41, 5.74) is 6.58. The molecule has 1 aliphatic rings. The SMILES string of the molecule is Cl.NCC1CN(CC(=O)NCCc2ccc(F)cc2)CCO1. The van der Waals surface area contributed by atoms with Crippen LogP contribution in [0.2, 0.25) is 0 Å². The zero-order valence-corrected chi connectivity index (χ0v) is 13.3. The Balaban J connectivity index is 0.00000242. The van der Waals surface area contributed by atoms with Crippen molar-refractivity contribution in [3.63, 3.8) is 0 Å². The molecule has 1 unspecified atom stereocenters. The molecule has 1 heterocycles. The number of hydrogen-bond donors (Lipinski definition) is 2. The molecule has 0 aliphatic carbocycles. The molecule has 0 aromatic heterocycles. The van der Waals surface area contributed by atoms with Crippen LogP contribution in [0.3, 0.4) is 0 Å². The number of hydrogen-bond acceptors (Lipinski definition) is 4. The minimum absolute atomic E-state index is 0. The van der Waals surface area contributed by atoms with Crippen LogP contribution >= 0.6 is 12.4 Å². The van der Waals surface area contributed by atoms with Crippen molar-refractivity contribution >= 4 is 18.3 Å². The fourth-order valence-corrected chi connectivity index (χ4v) is 2.32. The summed E-state index contributed by atoms with van der Waals surface area (Å²) in [4.78, 5) is 13.9. The van der Waals surface area contributed by atoms with E-state index >= 15 is 0 Å². The maximum absolute atomic E-state index is 12.8. The molecular formula is C15H23ClFN3O2. The van der Waals surface area contributed by atoms with Gasteiger partial charge in [0.1, 0.15) is 5.82 Å². The number of ether oxygens (including phenoxy) is 1. The van der Waals surface area contributed by atoms with E-state index in [0.29, 0.717) is 39.2 Å². The molecule has 5 nitrogen and oxygen atoms in total. The molecule has 0 saturated carbocycles. The Morgan fingerprint density at radius 1 is 1.41 bits per heavy atom. The highest BCUT2D eigenvalue weighted by molar-refractivity contribution is 5.85. The lowest BCUT2D eigenvalue weighted by molar-refractivity contribution is -0.124. The number of carbonyl (C=O) groups excluding carboxylic acids is 1. The van der Waals surface area contributed by atoms with Crippen molar-refractivity contribution in [1.29, 1.82) is 0 Å². The summed E-state index contributed by atoms with van der Waals surface area (Å²) in [6.07, 6.45) is 0.714. The smallest absolute Gasteiger partial charge is 0.234 e. The predicted octanol–water partition coefficient (Wildman–Crippen LogP) is 0.566. The van der Waals surface area contributed by atoms with Crippen LogP contribution in [0.5, 0.6) is 0 Å². The second-order valence-electron chi connectivity index (χ2n) is 5.19. The van der Waals surface area contributed by atoms with Crippen LogP contribution in [0.25, 0.3) is 0 Å². The van der Waals surface area contributed by atoms with Gasteiger partial charge in [-0.05, 0) is 24.1 Å². The first-order chi connectivity index (χ1) is 10.2. The molecule has 1 saturated heterocycles. The third-order valence-electron chi connectivity index (χ3n) is 3.50. The summed E-state index contributed by atoms with van der Waals surface area (Å²) in [5, 5.41) is 2.88. The van der Waals surface area contributed by atoms with Gasteiger partial charge >= 0.3 is 0 Å². The molecule has 1 fully saturated rings. The second-order valence-corrected chi connectivity index (χ2v) is 5.19. The number of nitrogens with zero attached hydrogens (tertiary/aromatic N) is 1. The molecule has 3 N–H and O–H groups in total. The van der Waals surface area contributed by atoms with Crippen LogP contribution in [0.4, 0.5) is 4.39 Å². The van der Waals surface area contributed by atoms with Crippen molar-refractivity contribution in [1.82, 2.24) is 10.2 Å². The van der Waals surface area contributed by atoms with E-state index in [1.165, 1.54) is 12.1 Å². The molecule has 1 aliphatic heterocycles. The highest BCUT2D eigenvalue weighted by atomic mass is 35.5. The molecule has 7 heteroatoms. The second kappa shape index (κ2) is 9.74. The Morgan fingerprint density at radius 3 is 2.82 bits per heavy atom. The number of amides is 1. The monoisotopic (exact) mass is 331 g/mol. The van der Waals surface area contributed by atoms with E-state index in [1.807, 2.05) is 4.90 Å². The van der Waals surface area contributed by atoms with Gasteiger partial charge in [0.25, 0.3) is 0 Å². The number of carbonyl (C=O) groups is 1. The van der Waals surface area contributed by atoms with Gasteiger partial charge in [0, 0.05) is 26.2 Å². The molecular weight excluding hydrogens is 309 g/mol. The van der Waals surface area contributed by atoms with Gasteiger partial charge in [-0.15, -0.1) is 12.4 Å². The Labute approximate surface area is 136 Å². The van der Waals surface area contributed by atoms with Crippen molar-refractivity contribution in [2.45, 2.75) is 12.5 Å². The minimum Gasteiger partial charge on any atom is -0.374 e. The number of morpholine rings is 1. The van der Waals surface area contributed by atoms with Gasteiger partial charge in [0.15, 0.2) is 0 Å².